The molecule has 100 valence electrons. The molecule has 0 radical (unpaired) electrons. The van der Waals surface area contributed by atoms with E-state index < -0.39 is 15.8 Å². The van der Waals surface area contributed by atoms with Crippen molar-refractivity contribution in [2.75, 3.05) is 6.26 Å². The molecule has 8 heteroatoms. The van der Waals surface area contributed by atoms with Gasteiger partial charge in [-0.2, -0.15) is 0 Å². The number of hydrogen-bond donors (Lipinski definition) is 2. The second-order valence-corrected chi connectivity index (χ2v) is 6.22. The van der Waals surface area contributed by atoms with Gasteiger partial charge in [-0.25, -0.2) is 18.2 Å². The lowest BCUT2D eigenvalue weighted by Crippen LogP contribution is -2.01. The molecule has 0 unspecified atom stereocenters. The van der Waals surface area contributed by atoms with Gasteiger partial charge in [-0.1, -0.05) is 23.7 Å². The van der Waals surface area contributed by atoms with Crippen LogP contribution in [0.25, 0.3) is 11.3 Å². The van der Waals surface area contributed by atoms with Gasteiger partial charge in [0.05, 0.1) is 0 Å². The van der Waals surface area contributed by atoms with Gasteiger partial charge in [0.25, 0.3) is 0 Å². The molecular weight excluding hydrogens is 292 g/mol. The standard InChI is InChI=1S/C11H9ClN2O4S/c1-19(17,18)11-13-8(9(14-11)10(15)16)6-3-2-4-7(12)5-6/h2-5H,1H3,(H,13,14)(H,15,16). The van der Waals surface area contributed by atoms with Crippen LogP contribution in [0.4, 0.5) is 0 Å². The molecule has 2 rings (SSSR count). The van der Waals surface area contributed by atoms with Crippen LogP contribution in [0.2, 0.25) is 5.02 Å². The Bertz CT molecular complexity index is 752. The molecule has 0 saturated heterocycles. The van der Waals surface area contributed by atoms with Crippen molar-refractivity contribution in [3.63, 3.8) is 0 Å². The summed E-state index contributed by atoms with van der Waals surface area (Å²) in [6.07, 6.45) is 0.944. The van der Waals surface area contributed by atoms with Crippen molar-refractivity contribution >= 4 is 27.4 Å². The number of sulfone groups is 1. The lowest BCUT2D eigenvalue weighted by molar-refractivity contribution is 0.0691. The fourth-order valence-electron chi connectivity index (χ4n) is 1.53. The molecule has 0 aliphatic heterocycles. The van der Waals surface area contributed by atoms with E-state index in [0.717, 1.165) is 6.26 Å². The highest BCUT2D eigenvalue weighted by Crippen LogP contribution is 2.25. The van der Waals surface area contributed by atoms with E-state index in [1.807, 2.05) is 0 Å². The van der Waals surface area contributed by atoms with E-state index in [4.69, 9.17) is 16.7 Å². The summed E-state index contributed by atoms with van der Waals surface area (Å²) in [6.45, 7) is 0. The second-order valence-electron chi connectivity index (χ2n) is 3.85. The zero-order valence-electron chi connectivity index (χ0n) is 9.71. The van der Waals surface area contributed by atoms with E-state index in [9.17, 15) is 13.2 Å². The Morgan fingerprint density at radius 2 is 2.11 bits per heavy atom. The van der Waals surface area contributed by atoms with Crippen molar-refractivity contribution in [1.29, 1.82) is 0 Å². The number of halogens is 1. The van der Waals surface area contributed by atoms with Gasteiger partial charge >= 0.3 is 5.97 Å². The first kappa shape index (κ1) is 13.6. The first-order chi connectivity index (χ1) is 8.79. The molecule has 0 atom stereocenters. The zero-order valence-corrected chi connectivity index (χ0v) is 11.3. The third-order valence-electron chi connectivity index (χ3n) is 2.35. The average molecular weight is 301 g/mol. The quantitative estimate of drug-likeness (QED) is 0.900. The van der Waals surface area contributed by atoms with Crippen molar-refractivity contribution in [2.45, 2.75) is 5.16 Å². The van der Waals surface area contributed by atoms with Crippen LogP contribution >= 0.6 is 11.6 Å². The molecular formula is C11H9ClN2O4S. The highest BCUT2D eigenvalue weighted by molar-refractivity contribution is 7.90. The molecule has 2 aromatic rings. The topological polar surface area (TPSA) is 100 Å². The smallest absolute Gasteiger partial charge is 0.354 e. The summed E-state index contributed by atoms with van der Waals surface area (Å²) in [5.74, 6) is -1.29. The molecule has 0 spiro atoms. The third-order valence-corrected chi connectivity index (χ3v) is 3.48. The minimum atomic E-state index is -3.62. The summed E-state index contributed by atoms with van der Waals surface area (Å²) >= 11 is 5.82. The summed E-state index contributed by atoms with van der Waals surface area (Å²) in [5, 5.41) is 9.09. The van der Waals surface area contributed by atoms with Gasteiger partial charge in [0.2, 0.25) is 15.0 Å². The predicted molar refractivity (Wildman–Crippen MR) is 69.1 cm³/mol. The van der Waals surface area contributed by atoms with Crippen LogP contribution in [0.5, 0.6) is 0 Å². The molecule has 0 saturated carbocycles. The zero-order chi connectivity index (χ0) is 14.2. The Morgan fingerprint density at radius 1 is 1.42 bits per heavy atom. The van der Waals surface area contributed by atoms with E-state index in [2.05, 4.69) is 9.97 Å². The number of hydrogen-bond acceptors (Lipinski definition) is 4. The van der Waals surface area contributed by atoms with E-state index in [0.29, 0.717) is 10.6 Å². The molecule has 6 nitrogen and oxygen atoms in total. The largest absolute Gasteiger partial charge is 0.477 e. The number of rotatable bonds is 3. The maximum Gasteiger partial charge on any atom is 0.354 e. The van der Waals surface area contributed by atoms with Gasteiger partial charge in [0.1, 0.15) is 5.69 Å². The van der Waals surface area contributed by atoms with Crippen LogP contribution in [0, 0.1) is 0 Å². The molecule has 0 bridgehead atoms. The van der Waals surface area contributed by atoms with Crippen LogP contribution in [0.15, 0.2) is 29.4 Å². The highest BCUT2D eigenvalue weighted by Gasteiger charge is 2.22. The maximum atomic E-state index is 11.4. The number of carboxylic acids is 1. The number of benzene rings is 1. The van der Waals surface area contributed by atoms with Crippen molar-refractivity contribution in [1.82, 2.24) is 9.97 Å². The Labute approximate surface area is 114 Å². The Balaban J connectivity index is 2.69. The minimum Gasteiger partial charge on any atom is -0.477 e. The van der Waals surface area contributed by atoms with E-state index in [1.165, 1.54) is 6.07 Å². The number of aromatic carboxylic acids is 1. The van der Waals surface area contributed by atoms with Crippen LogP contribution in [0.3, 0.4) is 0 Å². The van der Waals surface area contributed by atoms with Gasteiger partial charge in [-0.15, -0.1) is 0 Å². The number of aromatic nitrogens is 2. The summed E-state index contributed by atoms with van der Waals surface area (Å²) in [4.78, 5) is 17.2. The molecule has 2 N–H and O–H groups in total. The first-order valence-corrected chi connectivity index (χ1v) is 7.35. The molecule has 0 fully saturated rings. The summed E-state index contributed by atoms with van der Waals surface area (Å²) < 4.78 is 22.8. The number of H-pyrrole nitrogens is 1. The number of carbonyl (C=O) groups is 1. The normalized spacial score (nSPS) is 11.5. The minimum absolute atomic E-state index is 0.0374. The molecule has 0 aliphatic carbocycles. The van der Waals surface area contributed by atoms with Crippen LogP contribution in [-0.4, -0.2) is 35.7 Å². The number of nitrogens with one attached hydrogen (secondary N) is 1. The lowest BCUT2D eigenvalue weighted by atomic mass is 10.1. The fourth-order valence-corrected chi connectivity index (χ4v) is 2.26. The lowest BCUT2D eigenvalue weighted by Gasteiger charge is -1.99. The van der Waals surface area contributed by atoms with Crippen molar-refractivity contribution in [3.05, 3.63) is 35.0 Å². The SMILES string of the molecule is CS(=O)(=O)c1nc(-c2cccc(Cl)c2)c(C(=O)O)[nH]1. The van der Waals surface area contributed by atoms with Gasteiger partial charge in [0.15, 0.2) is 5.69 Å². The van der Waals surface area contributed by atoms with Gasteiger partial charge in [-0.3, -0.25) is 0 Å². The van der Waals surface area contributed by atoms with Gasteiger partial charge in [-0.05, 0) is 12.1 Å². The Hall–Kier alpha value is -1.86. The fraction of sp³-hybridized carbons (Fsp3) is 0.0909. The summed E-state index contributed by atoms with van der Waals surface area (Å²) in [5.41, 5.74) is 0.175. The maximum absolute atomic E-state index is 11.4. The monoisotopic (exact) mass is 300 g/mol. The van der Waals surface area contributed by atoms with Gasteiger partial charge in [0, 0.05) is 16.8 Å². The van der Waals surface area contributed by atoms with Crippen LogP contribution in [0.1, 0.15) is 10.5 Å². The number of aromatic amines is 1. The Kier molecular flexibility index (Phi) is 3.34. The molecule has 1 heterocycles. The van der Waals surface area contributed by atoms with Crippen LogP contribution < -0.4 is 0 Å². The molecule has 0 amide bonds. The predicted octanol–water partition coefficient (Wildman–Crippen LogP) is 1.83. The number of carboxylic acid groups (broad SMARTS) is 1. The molecule has 0 aliphatic rings. The third kappa shape index (κ3) is 2.77. The van der Waals surface area contributed by atoms with Crippen molar-refractivity contribution in [2.24, 2.45) is 0 Å². The summed E-state index contributed by atoms with van der Waals surface area (Å²) in [7, 11) is -3.62. The van der Waals surface area contributed by atoms with Gasteiger partial charge < -0.3 is 10.1 Å². The average Bonchev–Trinajstić information content (AvgIpc) is 2.73. The molecule has 1 aromatic carbocycles. The van der Waals surface area contributed by atoms with Crippen molar-refractivity contribution in [3.8, 4) is 11.3 Å². The number of imidazole rings is 1. The molecule has 1 aromatic heterocycles. The van der Waals surface area contributed by atoms with Crippen molar-refractivity contribution < 1.29 is 18.3 Å². The summed E-state index contributed by atoms with van der Waals surface area (Å²) in [6, 6.07) is 6.35. The number of nitrogens with zero attached hydrogens (tertiary/aromatic N) is 1. The Morgan fingerprint density at radius 3 is 2.63 bits per heavy atom. The first-order valence-electron chi connectivity index (χ1n) is 5.08. The van der Waals surface area contributed by atoms with E-state index in [1.54, 1.807) is 18.2 Å². The molecule has 19 heavy (non-hydrogen) atoms. The van der Waals surface area contributed by atoms with Crippen LogP contribution in [-0.2, 0) is 9.84 Å². The van der Waals surface area contributed by atoms with E-state index in [-0.39, 0.29) is 16.5 Å². The van der Waals surface area contributed by atoms with E-state index >= 15 is 0 Å². The highest BCUT2D eigenvalue weighted by atomic mass is 35.5. The second kappa shape index (κ2) is 4.67.